The van der Waals surface area contributed by atoms with E-state index in [1.165, 1.54) is 12.4 Å². The molecule has 0 aliphatic heterocycles. The van der Waals surface area contributed by atoms with E-state index in [1.807, 2.05) is 0 Å². The Bertz CT molecular complexity index is 731. The van der Waals surface area contributed by atoms with Crippen LogP contribution < -0.4 is 0 Å². The number of nitrogens with zero attached hydrogens (tertiary/aromatic N) is 2. The SMILES string of the molecule is FC(F)(F)c1cccc(-c2ccc3nc[nH]c3c2)n1. The number of aromatic amines is 1. The van der Waals surface area contributed by atoms with E-state index in [0.717, 1.165) is 17.1 Å². The molecule has 96 valence electrons. The maximum atomic E-state index is 12.6. The van der Waals surface area contributed by atoms with Gasteiger partial charge in [0.05, 0.1) is 23.1 Å². The van der Waals surface area contributed by atoms with Crippen molar-refractivity contribution >= 4 is 11.0 Å². The fourth-order valence-electron chi connectivity index (χ4n) is 1.85. The van der Waals surface area contributed by atoms with Crippen molar-refractivity contribution in [3.63, 3.8) is 0 Å². The molecule has 1 aromatic carbocycles. The smallest absolute Gasteiger partial charge is 0.345 e. The normalized spacial score (nSPS) is 11.9. The number of alkyl halides is 3. The third kappa shape index (κ3) is 2.16. The quantitative estimate of drug-likeness (QED) is 0.728. The summed E-state index contributed by atoms with van der Waals surface area (Å²) in [7, 11) is 0. The van der Waals surface area contributed by atoms with Gasteiger partial charge in [0.1, 0.15) is 5.69 Å². The Hall–Kier alpha value is -2.37. The third-order valence-corrected chi connectivity index (χ3v) is 2.76. The molecule has 3 aromatic rings. The molecule has 2 heterocycles. The lowest BCUT2D eigenvalue weighted by molar-refractivity contribution is -0.141. The van der Waals surface area contributed by atoms with Crippen molar-refractivity contribution in [2.24, 2.45) is 0 Å². The van der Waals surface area contributed by atoms with Crippen LogP contribution in [0.15, 0.2) is 42.7 Å². The number of hydrogen-bond acceptors (Lipinski definition) is 2. The number of halogens is 3. The van der Waals surface area contributed by atoms with Gasteiger partial charge in [-0.05, 0) is 24.3 Å². The van der Waals surface area contributed by atoms with Gasteiger partial charge in [-0.15, -0.1) is 0 Å². The van der Waals surface area contributed by atoms with Gasteiger partial charge < -0.3 is 4.98 Å². The first-order valence-electron chi connectivity index (χ1n) is 5.52. The summed E-state index contributed by atoms with van der Waals surface area (Å²) in [5, 5.41) is 0. The number of fused-ring (bicyclic) bond motifs is 1. The lowest BCUT2D eigenvalue weighted by atomic mass is 10.1. The molecule has 2 aromatic heterocycles. The highest BCUT2D eigenvalue weighted by atomic mass is 19.4. The first-order chi connectivity index (χ1) is 9.04. The van der Waals surface area contributed by atoms with Gasteiger partial charge in [-0.25, -0.2) is 9.97 Å². The molecule has 0 radical (unpaired) electrons. The van der Waals surface area contributed by atoms with Crippen LogP contribution in [0.2, 0.25) is 0 Å². The molecule has 0 saturated carbocycles. The Morgan fingerprint density at radius 2 is 1.89 bits per heavy atom. The molecule has 3 rings (SSSR count). The number of nitrogens with one attached hydrogen (secondary N) is 1. The average Bonchev–Trinajstić information content (AvgIpc) is 2.85. The van der Waals surface area contributed by atoms with Crippen LogP contribution in [0, 0.1) is 0 Å². The molecule has 0 spiro atoms. The Labute approximate surface area is 106 Å². The van der Waals surface area contributed by atoms with Gasteiger partial charge in [0.2, 0.25) is 0 Å². The maximum absolute atomic E-state index is 12.6. The standard InChI is InChI=1S/C13H8F3N3/c14-13(15,16)12-3-1-2-9(19-12)8-4-5-10-11(6-8)18-7-17-10/h1-7H,(H,17,18). The number of rotatable bonds is 1. The number of pyridine rings is 1. The van der Waals surface area contributed by atoms with E-state index in [4.69, 9.17) is 0 Å². The lowest BCUT2D eigenvalue weighted by Crippen LogP contribution is -2.07. The molecular weight excluding hydrogens is 255 g/mol. The molecular formula is C13H8F3N3. The fourth-order valence-corrected chi connectivity index (χ4v) is 1.85. The second kappa shape index (κ2) is 4.08. The van der Waals surface area contributed by atoms with Crippen LogP contribution in [-0.4, -0.2) is 15.0 Å². The summed E-state index contributed by atoms with van der Waals surface area (Å²) in [6.45, 7) is 0. The third-order valence-electron chi connectivity index (χ3n) is 2.76. The van der Waals surface area contributed by atoms with E-state index < -0.39 is 11.9 Å². The number of aromatic nitrogens is 3. The predicted octanol–water partition coefficient (Wildman–Crippen LogP) is 3.64. The summed E-state index contributed by atoms with van der Waals surface area (Å²) in [6.07, 6.45) is -2.90. The summed E-state index contributed by atoms with van der Waals surface area (Å²) in [5.41, 5.74) is 1.52. The largest absolute Gasteiger partial charge is 0.433 e. The molecule has 0 aliphatic rings. The first-order valence-corrected chi connectivity index (χ1v) is 5.52. The van der Waals surface area contributed by atoms with Crippen LogP contribution in [0.3, 0.4) is 0 Å². The molecule has 1 N–H and O–H groups in total. The molecule has 0 aliphatic carbocycles. The minimum atomic E-state index is -4.44. The van der Waals surface area contributed by atoms with Gasteiger partial charge in [-0.2, -0.15) is 13.2 Å². The van der Waals surface area contributed by atoms with Gasteiger partial charge in [-0.1, -0.05) is 12.1 Å². The van der Waals surface area contributed by atoms with Crippen molar-refractivity contribution in [1.82, 2.24) is 15.0 Å². The molecule has 0 fully saturated rings. The topological polar surface area (TPSA) is 41.6 Å². The van der Waals surface area contributed by atoms with E-state index in [-0.39, 0.29) is 5.69 Å². The van der Waals surface area contributed by atoms with Crippen LogP contribution in [0.4, 0.5) is 13.2 Å². The highest BCUT2D eigenvalue weighted by molar-refractivity contribution is 5.80. The van der Waals surface area contributed by atoms with Crippen molar-refractivity contribution in [3.8, 4) is 11.3 Å². The molecule has 3 nitrogen and oxygen atoms in total. The lowest BCUT2D eigenvalue weighted by Gasteiger charge is -2.07. The van der Waals surface area contributed by atoms with E-state index in [2.05, 4.69) is 15.0 Å². The van der Waals surface area contributed by atoms with Crippen molar-refractivity contribution in [2.75, 3.05) is 0 Å². The zero-order valence-corrected chi connectivity index (χ0v) is 9.57. The summed E-state index contributed by atoms with van der Waals surface area (Å²) in [4.78, 5) is 10.6. The van der Waals surface area contributed by atoms with E-state index in [0.29, 0.717) is 5.56 Å². The van der Waals surface area contributed by atoms with Crippen LogP contribution in [0.5, 0.6) is 0 Å². The first kappa shape index (κ1) is 11.7. The Balaban J connectivity index is 2.10. The number of hydrogen-bond donors (Lipinski definition) is 1. The minimum Gasteiger partial charge on any atom is -0.345 e. The number of H-pyrrole nitrogens is 1. The van der Waals surface area contributed by atoms with Gasteiger partial charge in [0.15, 0.2) is 0 Å². The number of imidazole rings is 1. The highest BCUT2D eigenvalue weighted by Gasteiger charge is 2.32. The summed E-state index contributed by atoms with van der Waals surface area (Å²) >= 11 is 0. The highest BCUT2D eigenvalue weighted by Crippen LogP contribution is 2.29. The molecule has 0 saturated heterocycles. The van der Waals surface area contributed by atoms with Crippen molar-refractivity contribution in [2.45, 2.75) is 6.18 Å². The second-order valence-corrected chi connectivity index (χ2v) is 4.04. The van der Waals surface area contributed by atoms with Crippen LogP contribution >= 0.6 is 0 Å². The molecule has 0 unspecified atom stereocenters. The van der Waals surface area contributed by atoms with Gasteiger partial charge in [0, 0.05) is 5.56 Å². The molecule has 0 bridgehead atoms. The van der Waals surface area contributed by atoms with Gasteiger partial charge in [0.25, 0.3) is 0 Å². The van der Waals surface area contributed by atoms with Crippen molar-refractivity contribution in [3.05, 3.63) is 48.4 Å². The molecule has 6 heteroatoms. The van der Waals surface area contributed by atoms with Gasteiger partial charge in [-0.3, -0.25) is 0 Å². The minimum absolute atomic E-state index is 0.284. The second-order valence-electron chi connectivity index (χ2n) is 4.04. The maximum Gasteiger partial charge on any atom is 0.433 e. The zero-order valence-electron chi connectivity index (χ0n) is 9.57. The summed E-state index contributed by atoms with van der Waals surface area (Å²) in [6, 6.07) is 9.02. The number of benzene rings is 1. The molecule has 0 amide bonds. The monoisotopic (exact) mass is 263 g/mol. The van der Waals surface area contributed by atoms with Crippen LogP contribution in [-0.2, 0) is 6.18 Å². The van der Waals surface area contributed by atoms with Crippen LogP contribution in [0.1, 0.15) is 5.69 Å². The predicted molar refractivity (Wildman–Crippen MR) is 64.3 cm³/mol. The van der Waals surface area contributed by atoms with E-state index in [9.17, 15) is 13.2 Å². The van der Waals surface area contributed by atoms with Crippen molar-refractivity contribution in [1.29, 1.82) is 0 Å². The Morgan fingerprint density at radius 3 is 2.68 bits per heavy atom. The average molecular weight is 263 g/mol. The zero-order chi connectivity index (χ0) is 13.5. The van der Waals surface area contributed by atoms with Crippen molar-refractivity contribution < 1.29 is 13.2 Å². The molecule has 0 atom stereocenters. The van der Waals surface area contributed by atoms with Gasteiger partial charge >= 0.3 is 6.18 Å². The Kier molecular flexibility index (Phi) is 2.51. The Morgan fingerprint density at radius 1 is 1.05 bits per heavy atom. The fraction of sp³-hybridized carbons (Fsp3) is 0.0769. The summed E-state index contributed by atoms with van der Waals surface area (Å²) < 4.78 is 37.8. The molecule has 19 heavy (non-hydrogen) atoms. The van der Waals surface area contributed by atoms with Crippen LogP contribution in [0.25, 0.3) is 22.3 Å². The van der Waals surface area contributed by atoms with E-state index >= 15 is 0 Å². The summed E-state index contributed by atoms with van der Waals surface area (Å²) in [5.74, 6) is 0. The van der Waals surface area contributed by atoms with E-state index in [1.54, 1.807) is 24.3 Å².